The molecule has 0 heterocycles. The summed E-state index contributed by atoms with van der Waals surface area (Å²) in [5, 5.41) is 1.05. The van der Waals surface area contributed by atoms with Gasteiger partial charge in [0.25, 0.3) is 0 Å². The summed E-state index contributed by atoms with van der Waals surface area (Å²) in [5.41, 5.74) is 0. The lowest BCUT2D eigenvalue weighted by Gasteiger charge is -2.04. The van der Waals surface area contributed by atoms with Crippen LogP contribution in [0.1, 0.15) is 20.3 Å². The molecule has 0 spiro atoms. The molecule has 0 aliphatic heterocycles. The third kappa shape index (κ3) is 8.44. The Morgan fingerprint density at radius 1 is 1.44 bits per heavy atom. The summed E-state index contributed by atoms with van der Waals surface area (Å²) >= 11 is 3.34. The van der Waals surface area contributed by atoms with Crippen LogP contribution >= 0.6 is 15.9 Å². The molecule has 0 N–H and O–H groups in total. The summed E-state index contributed by atoms with van der Waals surface area (Å²) in [7, 11) is 0. The molecule has 0 unspecified atom stereocenters. The van der Waals surface area contributed by atoms with E-state index in [1.54, 1.807) is 0 Å². The maximum atomic E-state index is 5.31. The minimum atomic E-state index is 0.667. The van der Waals surface area contributed by atoms with Crippen LogP contribution in [0.3, 0.4) is 0 Å². The van der Waals surface area contributed by atoms with E-state index in [0.717, 1.165) is 25.0 Å². The Labute approximate surface area is 65.9 Å². The third-order valence-corrected chi connectivity index (χ3v) is 1.43. The SMILES string of the molecule is CC(C)COCCCBr. The van der Waals surface area contributed by atoms with Crippen LogP contribution in [0.15, 0.2) is 0 Å². The fourth-order valence-corrected chi connectivity index (χ4v) is 0.705. The van der Waals surface area contributed by atoms with E-state index in [0.29, 0.717) is 5.92 Å². The predicted molar refractivity (Wildman–Crippen MR) is 44.1 cm³/mol. The molecule has 2 heteroatoms. The van der Waals surface area contributed by atoms with Gasteiger partial charge in [-0.1, -0.05) is 29.8 Å². The van der Waals surface area contributed by atoms with Crippen molar-refractivity contribution in [3.63, 3.8) is 0 Å². The van der Waals surface area contributed by atoms with E-state index >= 15 is 0 Å². The van der Waals surface area contributed by atoms with Crippen molar-refractivity contribution in [3.8, 4) is 0 Å². The molecule has 56 valence electrons. The molecule has 0 aromatic heterocycles. The minimum absolute atomic E-state index is 0.667. The topological polar surface area (TPSA) is 9.23 Å². The Bertz CT molecular complexity index is 54.9. The molecular formula is C7H15BrO. The summed E-state index contributed by atoms with van der Waals surface area (Å²) in [6.07, 6.45) is 1.12. The van der Waals surface area contributed by atoms with E-state index in [2.05, 4.69) is 29.8 Å². The fraction of sp³-hybridized carbons (Fsp3) is 1.00. The highest BCUT2D eigenvalue weighted by Crippen LogP contribution is 1.94. The van der Waals surface area contributed by atoms with Crippen LogP contribution < -0.4 is 0 Å². The van der Waals surface area contributed by atoms with Gasteiger partial charge in [0.15, 0.2) is 0 Å². The van der Waals surface area contributed by atoms with Gasteiger partial charge in [-0.3, -0.25) is 0 Å². The lowest BCUT2D eigenvalue weighted by Crippen LogP contribution is -2.03. The number of rotatable bonds is 5. The van der Waals surface area contributed by atoms with Crippen molar-refractivity contribution in [2.75, 3.05) is 18.5 Å². The van der Waals surface area contributed by atoms with Crippen molar-refractivity contribution in [3.05, 3.63) is 0 Å². The van der Waals surface area contributed by atoms with Gasteiger partial charge in [0, 0.05) is 18.5 Å². The highest BCUT2D eigenvalue weighted by molar-refractivity contribution is 9.09. The average Bonchev–Trinajstić information content (AvgIpc) is 1.80. The monoisotopic (exact) mass is 194 g/mol. The first-order valence-corrected chi connectivity index (χ1v) is 4.53. The first-order valence-electron chi connectivity index (χ1n) is 3.41. The summed E-state index contributed by atoms with van der Waals surface area (Å²) in [6, 6.07) is 0. The van der Waals surface area contributed by atoms with Gasteiger partial charge in [0.1, 0.15) is 0 Å². The Kier molecular flexibility index (Phi) is 6.88. The first kappa shape index (κ1) is 9.44. The Morgan fingerprint density at radius 3 is 2.56 bits per heavy atom. The van der Waals surface area contributed by atoms with E-state index in [1.165, 1.54) is 0 Å². The third-order valence-electron chi connectivity index (χ3n) is 0.873. The van der Waals surface area contributed by atoms with Crippen LogP contribution in [-0.4, -0.2) is 18.5 Å². The average molecular weight is 195 g/mol. The molecular weight excluding hydrogens is 180 g/mol. The predicted octanol–water partition coefficient (Wildman–Crippen LogP) is 2.44. The standard InChI is InChI=1S/C7H15BrO/c1-7(2)6-9-5-3-4-8/h7H,3-6H2,1-2H3. The quantitative estimate of drug-likeness (QED) is 0.483. The van der Waals surface area contributed by atoms with E-state index in [4.69, 9.17) is 4.74 Å². The van der Waals surface area contributed by atoms with Crippen molar-refractivity contribution in [2.45, 2.75) is 20.3 Å². The number of ether oxygens (including phenoxy) is 1. The molecule has 0 fully saturated rings. The molecule has 0 atom stereocenters. The van der Waals surface area contributed by atoms with E-state index in [9.17, 15) is 0 Å². The van der Waals surface area contributed by atoms with Crippen molar-refractivity contribution in [2.24, 2.45) is 5.92 Å². The minimum Gasteiger partial charge on any atom is -0.381 e. The molecule has 0 aromatic carbocycles. The van der Waals surface area contributed by atoms with Gasteiger partial charge in [-0.05, 0) is 12.3 Å². The second kappa shape index (κ2) is 6.56. The van der Waals surface area contributed by atoms with Gasteiger partial charge in [0.2, 0.25) is 0 Å². The molecule has 0 bridgehead atoms. The van der Waals surface area contributed by atoms with Gasteiger partial charge in [0.05, 0.1) is 0 Å². The van der Waals surface area contributed by atoms with Gasteiger partial charge in [-0.15, -0.1) is 0 Å². The zero-order valence-electron chi connectivity index (χ0n) is 6.19. The van der Waals surface area contributed by atoms with Gasteiger partial charge >= 0.3 is 0 Å². The van der Waals surface area contributed by atoms with Crippen molar-refractivity contribution >= 4 is 15.9 Å². The van der Waals surface area contributed by atoms with Crippen molar-refractivity contribution in [1.82, 2.24) is 0 Å². The zero-order chi connectivity index (χ0) is 7.11. The molecule has 9 heavy (non-hydrogen) atoms. The Balaban J connectivity index is 2.75. The van der Waals surface area contributed by atoms with Crippen LogP contribution in [0.4, 0.5) is 0 Å². The van der Waals surface area contributed by atoms with Crippen LogP contribution in [0.2, 0.25) is 0 Å². The molecule has 0 rings (SSSR count). The second-order valence-corrected chi connectivity index (χ2v) is 3.30. The van der Waals surface area contributed by atoms with Crippen molar-refractivity contribution in [1.29, 1.82) is 0 Å². The van der Waals surface area contributed by atoms with E-state index < -0.39 is 0 Å². The Hall–Kier alpha value is 0.440. The zero-order valence-corrected chi connectivity index (χ0v) is 7.78. The summed E-state index contributed by atoms with van der Waals surface area (Å²) < 4.78 is 5.31. The summed E-state index contributed by atoms with van der Waals surface area (Å²) in [4.78, 5) is 0. The maximum Gasteiger partial charge on any atom is 0.0488 e. The molecule has 0 aliphatic carbocycles. The van der Waals surface area contributed by atoms with Gasteiger partial charge in [-0.25, -0.2) is 0 Å². The van der Waals surface area contributed by atoms with Crippen LogP contribution in [-0.2, 0) is 4.74 Å². The van der Waals surface area contributed by atoms with Crippen molar-refractivity contribution < 1.29 is 4.74 Å². The van der Waals surface area contributed by atoms with E-state index in [-0.39, 0.29) is 0 Å². The van der Waals surface area contributed by atoms with Crippen LogP contribution in [0.25, 0.3) is 0 Å². The van der Waals surface area contributed by atoms with E-state index in [1.807, 2.05) is 0 Å². The molecule has 0 aromatic rings. The first-order chi connectivity index (χ1) is 4.27. The largest absolute Gasteiger partial charge is 0.381 e. The Morgan fingerprint density at radius 2 is 2.11 bits per heavy atom. The van der Waals surface area contributed by atoms with Crippen LogP contribution in [0.5, 0.6) is 0 Å². The normalized spacial score (nSPS) is 10.7. The second-order valence-electron chi connectivity index (χ2n) is 2.51. The lowest BCUT2D eigenvalue weighted by atomic mass is 10.2. The smallest absolute Gasteiger partial charge is 0.0488 e. The molecule has 0 amide bonds. The fourth-order valence-electron chi connectivity index (χ4n) is 0.476. The highest BCUT2D eigenvalue weighted by atomic mass is 79.9. The maximum absolute atomic E-state index is 5.31. The number of hydrogen-bond acceptors (Lipinski definition) is 1. The molecule has 0 saturated heterocycles. The lowest BCUT2D eigenvalue weighted by molar-refractivity contribution is 0.111. The number of alkyl halides is 1. The van der Waals surface area contributed by atoms with Gasteiger partial charge in [-0.2, -0.15) is 0 Å². The number of halogens is 1. The molecule has 1 nitrogen and oxygen atoms in total. The van der Waals surface area contributed by atoms with Gasteiger partial charge < -0.3 is 4.74 Å². The number of hydrogen-bond donors (Lipinski definition) is 0. The molecule has 0 aliphatic rings. The highest BCUT2D eigenvalue weighted by Gasteiger charge is 1.91. The summed E-state index contributed by atoms with van der Waals surface area (Å²) in [5.74, 6) is 0.667. The summed E-state index contributed by atoms with van der Waals surface area (Å²) in [6.45, 7) is 6.11. The molecule has 0 saturated carbocycles. The van der Waals surface area contributed by atoms with Crippen LogP contribution in [0, 0.1) is 5.92 Å². The molecule has 0 radical (unpaired) electrons.